The average molecular weight is 482 g/mol. The van der Waals surface area contributed by atoms with E-state index in [-0.39, 0.29) is 5.57 Å². The molecule has 1 fully saturated rings. The van der Waals surface area contributed by atoms with Gasteiger partial charge in [-0.1, -0.05) is 13.5 Å². The number of rotatable bonds is 7. The normalized spacial score (nSPS) is 13.7. The number of aryl methyl sites for hydroxylation is 1. The number of carbonyl (C=O) groups is 1. The molecule has 1 aliphatic rings. The summed E-state index contributed by atoms with van der Waals surface area (Å²) in [6.07, 6.45) is 10.2. The van der Waals surface area contributed by atoms with E-state index in [1.807, 2.05) is 29.3 Å². The Morgan fingerprint density at radius 2 is 1.86 bits per heavy atom. The van der Waals surface area contributed by atoms with E-state index in [2.05, 4.69) is 50.6 Å². The van der Waals surface area contributed by atoms with Crippen LogP contribution < -0.4 is 15.5 Å². The van der Waals surface area contributed by atoms with Crippen molar-refractivity contribution in [1.82, 2.24) is 24.4 Å². The maximum atomic E-state index is 11.4. The fourth-order valence-corrected chi connectivity index (χ4v) is 4.53. The number of amides is 1. The van der Waals surface area contributed by atoms with Crippen LogP contribution in [0.1, 0.15) is 24.6 Å². The molecule has 182 valence electrons. The fourth-order valence-electron chi connectivity index (χ4n) is 4.53. The first-order valence-electron chi connectivity index (χ1n) is 11.9. The Balaban J connectivity index is 1.40. The van der Waals surface area contributed by atoms with Crippen LogP contribution in [0.3, 0.4) is 0 Å². The Labute approximate surface area is 208 Å². The van der Waals surface area contributed by atoms with Gasteiger partial charge in [0.05, 0.1) is 46.8 Å². The summed E-state index contributed by atoms with van der Waals surface area (Å²) in [5, 5.41) is 18.6. The van der Waals surface area contributed by atoms with E-state index in [1.165, 1.54) is 0 Å². The molecule has 36 heavy (non-hydrogen) atoms. The molecule has 1 aliphatic heterocycles. The number of hydrogen-bond donors (Lipinski definition) is 1. The lowest BCUT2D eigenvalue weighted by atomic mass is 10.1. The lowest BCUT2D eigenvalue weighted by molar-refractivity contribution is -0.112. The predicted molar refractivity (Wildman–Crippen MR) is 138 cm³/mol. The molecule has 5 rings (SSSR count). The minimum atomic E-state index is -0.577. The summed E-state index contributed by atoms with van der Waals surface area (Å²) in [5.41, 5.74) is 11.3. The summed E-state index contributed by atoms with van der Waals surface area (Å²) in [6.45, 7) is 9.76. The number of primary amides is 1. The first-order valence-corrected chi connectivity index (χ1v) is 11.9. The molecule has 0 spiro atoms. The number of aromatic nitrogens is 5. The SMILES string of the molecule is C=C(C(N)=O)c1ccc(N2CCN(c3cc(-c4cnn(CCC)c4)cn4ncc(C#N)c34)CC2)cn1. The maximum Gasteiger partial charge on any atom is 0.250 e. The molecule has 0 saturated carbocycles. The van der Waals surface area contributed by atoms with E-state index in [4.69, 9.17) is 5.73 Å². The molecule has 0 aliphatic carbocycles. The van der Waals surface area contributed by atoms with Crippen LogP contribution >= 0.6 is 0 Å². The van der Waals surface area contributed by atoms with Crippen molar-refractivity contribution in [2.75, 3.05) is 36.0 Å². The van der Waals surface area contributed by atoms with E-state index >= 15 is 0 Å². The van der Waals surface area contributed by atoms with Gasteiger partial charge in [0, 0.05) is 56.2 Å². The molecule has 0 atom stereocenters. The van der Waals surface area contributed by atoms with Crippen molar-refractivity contribution in [2.24, 2.45) is 5.73 Å². The van der Waals surface area contributed by atoms with Crippen LogP contribution in [0.25, 0.3) is 22.2 Å². The second kappa shape index (κ2) is 9.54. The monoisotopic (exact) mass is 481 g/mol. The highest BCUT2D eigenvalue weighted by Crippen LogP contribution is 2.32. The number of anilines is 2. The van der Waals surface area contributed by atoms with Gasteiger partial charge in [-0.15, -0.1) is 0 Å². The molecule has 0 unspecified atom stereocenters. The van der Waals surface area contributed by atoms with Gasteiger partial charge < -0.3 is 15.5 Å². The van der Waals surface area contributed by atoms with Crippen molar-refractivity contribution in [2.45, 2.75) is 19.9 Å². The third-order valence-corrected chi connectivity index (χ3v) is 6.47. The highest BCUT2D eigenvalue weighted by Gasteiger charge is 2.23. The van der Waals surface area contributed by atoms with Crippen molar-refractivity contribution < 1.29 is 4.79 Å². The second-order valence-electron chi connectivity index (χ2n) is 8.79. The molecule has 10 nitrogen and oxygen atoms in total. The first-order chi connectivity index (χ1) is 17.5. The lowest BCUT2D eigenvalue weighted by Crippen LogP contribution is -2.46. The minimum Gasteiger partial charge on any atom is -0.367 e. The number of hydrogen-bond acceptors (Lipinski definition) is 7. The number of piperazine rings is 1. The van der Waals surface area contributed by atoms with Crippen LogP contribution in [0, 0.1) is 11.3 Å². The molecule has 1 amide bonds. The summed E-state index contributed by atoms with van der Waals surface area (Å²) in [7, 11) is 0. The number of nitrogens with zero attached hydrogens (tertiary/aromatic N) is 8. The van der Waals surface area contributed by atoms with E-state index < -0.39 is 5.91 Å². The van der Waals surface area contributed by atoms with Crippen molar-refractivity contribution in [3.05, 3.63) is 67.0 Å². The zero-order valence-electron chi connectivity index (χ0n) is 20.1. The third-order valence-electron chi connectivity index (χ3n) is 6.47. The quantitative estimate of drug-likeness (QED) is 0.403. The van der Waals surface area contributed by atoms with Gasteiger partial charge in [-0.2, -0.15) is 15.5 Å². The summed E-state index contributed by atoms with van der Waals surface area (Å²) < 4.78 is 3.74. The Bertz CT molecular complexity index is 1470. The molecule has 1 saturated heterocycles. The number of nitrogens with two attached hydrogens (primary N) is 1. The molecule has 0 bridgehead atoms. The van der Waals surface area contributed by atoms with Gasteiger partial charge in [0.25, 0.3) is 0 Å². The zero-order chi connectivity index (χ0) is 25.2. The average Bonchev–Trinajstić information content (AvgIpc) is 3.55. The maximum absolute atomic E-state index is 11.4. The summed E-state index contributed by atoms with van der Waals surface area (Å²) in [6, 6.07) is 8.12. The molecular weight excluding hydrogens is 454 g/mol. The van der Waals surface area contributed by atoms with Crippen LogP contribution in [0.5, 0.6) is 0 Å². The highest BCUT2D eigenvalue weighted by atomic mass is 16.1. The Morgan fingerprint density at radius 3 is 2.53 bits per heavy atom. The van der Waals surface area contributed by atoms with Gasteiger partial charge in [-0.05, 0) is 24.6 Å². The van der Waals surface area contributed by atoms with Crippen LogP contribution in [-0.2, 0) is 11.3 Å². The summed E-state index contributed by atoms with van der Waals surface area (Å²) >= 11 is 0. The fraction of sp³-hybridized carbons (Fsp3) is 0.269. The van der Waals surface area contributed by atoms with Crippen LogP contribution in [-0.4, -0.2) is 56.5 Å². The first kappa shape index (κ1) is 23.1. The Kier molecular flexibility index (Phi) is 6.12. The molecule has 0 radical (unpaired) electrons. The van der Waals surface area contributed by atoms with Gasteiger partial charge in [0.2, 0.25) is 5.91 Å². The number of fused-ring (bicyclic) bond motifs is 1. The van der Waals surface area contributed by atoms with E-state index in [0.29, 0.717) is 11.3 Å². The van der Waals surface area contributed by atoms with E-state index in [0.717, 1.165) is 67.2 Å². The van der Waals surface area contributed by atoms with Gasteiger partial charge in [0.15, 0.2) is 0 Å². The van der Waals surface area contributed by atoms with Gasteiger partial charge in [-0.3, -0.25) is 14.5 Å². The third kappa shape index (κ3) is 4.27. The standard InChI is InChI=1S/C26H27N9O/c1-3-6-34-16-21(14-30-34)19-11-24(25-20(12-27)13-31-35(25)17-19)33-9-7-32(8-10-33)22-4-5-23(29-15-22)18(2)26(28)36/h4-5,11,13-17H,2-3,6-10H2,1H3,(H2,28,36). The van der Waals surface area contributed by atoms with Crippen LogP contribution in [0.4, 0.5) is 11.4 Å². The Hall–Kier alpha value is -4.65. The van der Waals surface area contributed by atoms with E-state index in [1.54, 1.807) is 23.0 Å². The number of carbonyl (C=O) groups excluding carboxylic acids is 1. The number of nitriles is 1. The molecule has 5 heterocycles. The molecule has 0 aromatic carbocycles. The van der Waals surface area contributed by atoms with E-state index in [9.17, 15) is 10.1 Å². The van der Waals surface area contributed by atoms with Crippen LogP contribution in [0.15, 0.2) is 55.8 Å². The van der Waals surface area contributed by atoms with Gasteiger partial charge >= 0.3 is 0 Å². The second-order valence-corrected chi connectivity index (χ2v) is 8.79. The lowest BCUT2D eigenvalue weighted by Gasteiger charge is -2.37. The van der Waals surface area contributed by atoms with Crippen LogP contribution in [0.2, 0.25) is 0 Å². The summed E-state index contributed by atoms with van der Waals surface area (Å²) in [5.74, 6) is -0.577. The smallest absolute Gasteiger partial charge is 0.250 e. The van der Waals surface area contributed by atoms with Crippen molar-refractivity contribution in [3.8, 4) is 17.2 Å². The zero-order valence-corrected chi connectivity index (χ0v) is 20.1. The summed E-state index contributed by atoms with van der Waals surface area (Å²) in [4.78, 5) is 20.3. The van der Waals surface area contributed by atoms with Gasteiger partial charge in [0.1, 0.15) is 11.6 Å². The number of pyridine rings is 2. The predicted octanol–water partition coefficient (Wildman–Crippen LogP) is 2.70. The van der Waals surface area contributed by atoms with Crippen molar-refractivity contribution in [1.29, 1.82) is 5.26 Å². The highest BCUT2D eigenvalue weighted by molar-refractivity contribution is 6.17. The minimum absolute atomic E-state index is 0.199. The molecule has 2 N–H and O–H groups in total. The molecular formula is C26H27N9O. The van der Waals surface area contributed by atoms with Gasteiger partial charge in [-0.25, -0.2) is 4.52 Å². The van der Waals surface area contributed by atoms with Crippen molar-refractivity contribution in [3.63, 3.8) is 0 Å². The Morgan fingerprint density at radius 1 is 1.08 bits per heavy atom. The topological polar surface area (TPSA) is 121 Å². The largest absolute Gasteiger partial charge is 0.367 e. The van der Waals surface area contributed by atoms with Crippen molar-refractivity contribution >= 4 is 28.4 Å². The molecule has 4 aromatic heterocycles. The molecule has 4 aromatic rings. The molecule has 10 heteroatoms.